The van der Waals surface area contributed by atoms with E-state index in [-0.39, 0.29) is 10.7 Å². The lowest BCUT2D eigenvalue weighted by molar-refractivity contribution is 0.887. The normalized spacial score (nSPS) is 12.1. The lowest BCUT2D eigenvalue weighted by Crippen LogP contribution is -2.16. The van der Waals surface area contributed by atoms with Gasteiger partial charge in [-0.2, -0.15) is 9.62 Å². The van der Waals surface area contributed by atoms with Gasteiger partial charge in [-0.1, -0.05) is 11.8 Å². The zero-order valence-corrected chi connectivity index (χ0v) is 8.94. The summed E-state index contributed by atoms with van der Waals surface area (Å²) in [5, 5.41) is 6.19. The maximum Gasteiger partial charge on any atom is 0.274 e. The highest BCUT2D eigenvalue weighted by Gasteiger charge is 2.04. The van der Waals surface area contributed by atoms with Crippen molar-refractivity contribution in [1.82, 2.24) is 19.6 Å². The van der Waals surface area contributed by atoms with Crippen LogP contribution < -0.4 is 17.1 Å². The van der Waals surface area contributed by atoms with Crippen molar-refractivity contribution in [3.05, 3.63) is 28.4 Å². The second kappa shape index (κ2) is 4.23. The largest absolute Gasteiger partial charge is 0.377 e. The highest BCUT2D eigenvalue weighted by atomic mass is 32.2. The molecule has 2 aromatic rings. The molecule has 2 heterocycles. The molecule has 16 heavy (non-hydrogen) atoms. The number of H-pyrrole nitrogens is 1. The minimum Gasteiger partial charge on any atom is -0.377 e. The molecule has 0 aromatic carbocycles. The Kier molecular flexibility index (Phi) is 2.77. The van der Waals surface area contributed by atoms with Crippen molar-refractivity contribution in [3.63, 3.8) is 0 Å². The maximum atomic E-state index is 11.5. The van der Waals surface area contributed by atoms with Crippen LogP contribution in [0.2, 0.25) is 0 Å². The van der Waals surface area contributed by atoms with Crippen molar-refractivity contribution in [1.29, 1.82) is 0 Å². The lowest BCUT2D eigenvalue weighted by atomic mass is 10.4. The van der Waals surface area contributed by atoms with Gasteiger partial charge in [0.1, 0.15) is 6.33 Å². The Balaban J connectivity index is 2.28. The fraction of sp³-hybridized carbons (Fsp3) is 0.143. The van der Waals surface area contributed by atoms with Gasteiger partial charge >= 0.3 is 0 Å². The van der Waals surface area contributed by atoms with Crippen LogP contribution in [0.1, 0.15) is 5.69 Å². The standard InChI is InChI=1S/C7H9N7OS/c8-6(13-9)16-2-4-1-5(15)14-7(12-4)10-3-11-14/h1,3H,2,9H2,(H2,8,13)(H,10,11,12). The van der Waals surface area contributed by atoms with Crippen LogP contribution in [0.15, 0.2) is 22.3 Å². The van der Waals surface area contributed by atoms with E-state index in [9.17, 15) is 4.79 Å². The summed E-state index contributed by atoms with van der Waals surface area (Å²) in [7, 11) is 0. The predicted molar refractivity (Wildman–Crippen MR) is 60.7 cm³/mol. The third kappa shape index (κ3) is 1.98. The van der Waals surface area contributed by atoms with Gasteiger partial charge < -0.3 is 11.6 Å². The number of aromatic nitrogens is 4. The smallest absolute Gasteiger partial charge is 0.274 e. The number of nitrogens with two attached hydrogens (primary N) is 2. The average molecular weight is 239 g/mol. The van der Waals surface area contributed by atoms with Crippen molar-refractivity contribution in [2.75, 3.05) is 0 Å². The van der Waals surface area contributed by atoms with Crippen molar-refractivity contribution in [2.24, 2.45) is 16.7 Å². The molecular weight excluding hydrogens is 230 g/mol. The Bertz CT molecular complexity index is 586. The highest BCUT2D eigenvalue weighted by molar-refractivity contribution is 8.13. The molecule has 0 unspecified atom stereocenters. The molecule has 84 valence electrons. The third-order valence-electron chi connectivity index (χ3n) is 1.82. The number of aromatic amines is 1. The summed E-state index contributed by atoms with van der Waals surface area (Å²) in [6.45, 7) is 0. The SMILES string of the molecule is NN=C(N)SCc1cc(=O)n2[nH]cnc2n1. The molecule has 0 aliphatic carbocycles. The van der Waals surface area contributed by atoms with Crippen LogP contribution in [-0.2, 0) is 5.75 Å². The first kappa shape index (κ1) is 10.5. The number of thioether (sulfide) groups is 1. The molecule has 2 aromatic heterocycles. The molecule has 5 N–H and O–H groups in total. The first-order valence-electron chi connectivity index (χ1n) is 4.29. The van der Waals surface area contributed by atoms with Gasteiger partial charge in [-0.25, -0.2) is 9.97 Å². The summed E-state index contributed by atoms with van der Waals surface area (Å²) < 4.78 is 1.24. The average Bonchev–Trinajstić information content (AvgIpc) is 2.74. The van der Waals surface area contributed by atoms with Crippen LogP contribution >= 0.6 is 11.8 Å². The highest BCUT2D eigenvalue weighted by Crippen LogP contribution is 2.08. The zero-order chi connectivity index (χ0) is 11.5. The van der Waals surface area contributed by atoms with E-state index in [1.807, 2.05) is 0 Å². The van der Waals surface area contributed by atoms with Crippen molar-refractivity contribution in [3.8, 4) is 0 Å². The molecule has 0 aliphatic heterocycles. The molecular formula is C7H9N7OS. The van der Waals surface area contributed by atoms with Crippen molar-refractivity contribution >= 4 is 22.7 Å². The van der Waals surface area contributed by atoms with Gasteiger partial charge in [0.05, 0.1) is 5.69 Å². The minimum atomic E-state index is -0.221. The van der Waals surface area contributed by atoms with E-state index in [4.69, 9.17) is 11.6 Å². The van der Waals surface area contributed by atoms with Crippen molar-refractivity contribution < 1.29 is 0 Å². The zero-order valence-electron chi connectivity index (χ0n) is 8.12. The van der Waals surface area contributed by atoms with Gasteiger partial charge in [0.2, 0.25) is 0 Å². The minimum absolute atomic E-state index is 0.221. The van der Waals surface area contributed by atoms with E-state index in [0.717, 1.165) is 0 Å². The molecule has 0 radical (unpaired) electrons. The molecule has 0 aliphatic rings. The van der Waals surface area contributed by atoms with E-state index in [1.54, 1.807) is 0 Å². The maximum absolute atomic E-state index is 11.5. The molecule has 2 rings (SSSR count). The molecule has 8 nitrogen and oxygen atoms in total. The first-order valence-corrected chi connectivity index (χ1v) is 5.27. The van der Waals surface area contributed by atoms with Gasteiger partial charge in [0.15, 0.2) is 5.17 Å². The van der Waals surface area contributed by atoms with Crippen LogP contribution in [0.25, 0.3) is 5.78 Å². The number of rotatable bonds is 2. The third-order valence-corrected chi connectivity index (χ3v) is 2.66. The van der Waals surface area contributed by atoms with E-state index in [0.29, 0.717) is 17.2 Å². The Hall–Kier alpha value is -2.03. The fourth-order valence-electron chi connectivity index (χ4n) is 1.13. The monoisotopic (exact) mass is 239 g/mol. The summed E-state index contributed by atoms with van der Waals surface area (Å²) in [5.41, 5.74) is 5.76. The molecule has 0 saturated heterocycles. The summed E-state index contributed by atoms with van der Waals surface area (Å²) in [5.74, 6) is 5.73. The molecule has 0 bridgehead atoms. The topological polar surface area (TPSA) is 127 Å². The predicted octanol–water partition coefficient (Wildman–Crippen LogP) is -1.16. The summed E-state index contributed by atoms with van der Waals surface area (Å²) in [4.78, 5) is 19.6. The molecule has 0 spiro atoms. The molecule has 0 atom stereocenters. The van der Waals surface area contributed by atoms with Crippen LogP contribution in [0.4, 0.5) is 0 Å². The van der Waals surface area contributed by atoms with Gasteiger partial charge in [-0.15, -0.1) is 0 Å². The van der Waals surface area contributed by atoms with Gasteiger partial charge in [-0.3, -0.25) is 9.89 Å². The van der Waals surface area contributed by atoms with E-state index in [2.05, 4.69) is 20.2 Å². The van der Waals surface area contributed by atoms with E-state index in [1.165, 1.54) is 28.7 Å². The summed E-state index contributed by atoms with van der Waals surface area (Å²) in [6.07, 6.45) is 1.40. The Morgan fingerprint density at radius 1 is 1.69 bits per heavy atom. The quantitative estimate of drug-likeness (QED) is 0.262. The molecule has 0 saturated carbocycles. The Labute approximate surface area is 93.7 Å². The lowest BCUT2D eigenvalue weighted by Gasteiger charge is -1.99. The number of nitrogens with zero attached hydrogens (tertiary/aromatic N) is 4. The fourth-order valence-corrected chi connectivity index (χ4v) is 1.65. The number of nitrogens with one attached hydrogen (secondary N) is 1. The Morgan fingerprint density at radius 2 is 2.50 bits per heavy atom. The van der Waals surface area contributed by atoms with Gasteiger partial charge in [-0.05, 0) is 0 Å². The van der Waals surface area contributed by atoms with Crippen LogP contribution in [0.3, 0.4) is 0 Å². The summed E-state index contributed by atoms with van der Waals surface area (Å²) in [6, 6.07) is 1.40. The Morgan fingerprint density at radius 3 is 3.25 bits per heavy atom. The van der Waals surface area contributed by atoms with Gasteiger partial charge in [0.25, 0.3) is 11.3 Å². The number of hydrazone groups is 1. The van der Waals surface area contributed by atoms with Crippen LogP contribution in [-0.4, -0.2) is 24.7 Å². The van der Waals surface area contributed by atoms with Crippen LogP contribution in [0, 0.1) is 0 Å². The van der Waals surface area contributed by atoms with Crippen LogP contribution in [0.5, 0.6) is 0 Å². The van der Waals surface area contributed by atoms with Gasteiger partial charge in [0, 0.05) is 11.8 Å². The number of hydrogen-bond acceptors (Lipinski definition) is 6. The molecule has 9 heteroatoms. The number of hydrogen-bond donors (Lipinski definition) is 3. The van der Waals surface area contributed by atoms with E-state index < -0.39 is 0 Å². The molecule has 0 amide bonds. The van der Waals surface area contributed by atoms with Crippen molar-refractivity contribution in [2.45, 2.75) is 5.75 Å². The second-order valence-corrected chi connectivity index (χ2v) is 3.86. The second-order valence-electron chi connectivity index (χ2n) is 2.86. The first-order chi connectivity index (χ1) is 7.70. The number of fused-ring (bicyclic) bond motifs is 1. The molecule has 0 fully saturated rings. The summed E-state index contributed by atoms with van der Waals surface area (Å²) >= 11 is 1.20. The van der Waals surface area contributed by atoms with E-state index >= 15 is 0 Å². The number of amidine groups is 1.